The zero-order chi connectivity index (χ0) is 24.7. The molecule has 0 spiro atoms. The first-order valence-corrected chi connectivity index (χ1v) is 12.0. The molecule has 0 unspecified atom stereocenters. The molecule has 0 bridgehead atoms. The van der Waals surface area contributed by atoms with Crippen molar-refractivity contribution in [3.8, 4) is 5.75 Å². The summed E-state index contributed by atoms with van der Waals surface area (Å²) in [5, 5.41) is 8.22. The Kier molecular flexibility index (Phi) is 6.95. The van der Waals surface area contributed by atoms with Gasteiger partial charge in [-0.1, -0.05) is 84.9 Å². The van der Waals surface area contributed by atoms with Gasteiger partial charge in [-0.3, -0.25) is 0 Å². The molecule has 5 aromatic carbocycles. The van der Waals surface area contributed by atoms with Gasteiger partial charge in [0.1, 0.15) is 5.75 Å². The molecule has 36 heavy (non-hydrogen) atoms. The third-order valence-electron chi connectivity index (χ3n) is 6.14. The minimum atomic E-state index is -0.344. The van der Waals surface area contributed by atoms with E-state index in [1.165, 1.54) is 12.5 Å². The molecule has 1 N–H and O–H groups in total. The Morgan fingerprint density at radius 1 is 0.750 bits per heavy atom. The fourth-order valence-corrected chi connectivity index (χ4v) is 4.31. The topological polar surface area (TPSA) is 47.6 Å². The first-order chi connectivity index (χ1) is 17.7. The summed E-state index contributed by atoms with van der Waals surface area (Å²) in [7, 11) is 1.39. The summed E-state index contributed by atoms with van der Waals surface area (Å²) in [5.74, 6) is 0.531. The first-order valence-electron chi connectivity index (χ1n) is 12.0. The van der Waals surface area contributed by atoms with Crippen LogP contribution in [0.2, 0.25) is 0 Å². The second-order valence-electron chi connectivity index (χ2n) is 8.51. The number of methoxy groups -OCH3 is 1. The highest BCUT2D eigenvalue weighted by Crippen LogP contribution is 2.27. The largest absolute Gasteiger partial charge is 0.493 e. The molecule has 0 aliphatic carbocycles. The van der Waals surface area contributed by atoms with E-state index >= 15 is 0 Å². The molecule has 0 atom stereocenters. The number of esters is 1. The van der Waals surface area contributed by atoms with E-state index in [4.69, 9.17) is 9.47 Å². The molecule has 0 amide bonds. The van der Waals surface area contributed by atoms with Crippen LogP contribution in [0, 0.1) is 0 Å². The van der Waals surface area contributed by atoms with Crippen LogP contribution in [0.4, 0.5) is 5.69 Å². The first kappa shape index (κ1) is 23.2. The molecule has 0 saturated heterocycles. The average molecular weight is 474 g/mol. The molecule has 0 fully saturated rings. The number of carbonyl (C=O) groups excluding carboxylic acids is 1. The Morgan fingerprint density at radius 2 is 1.39 bits per heavy atom. The highest BCUT2D eigenvalue weighted by molar-refractivity contribution is 5.95. The number of fused-ring (bicyclic) bond motifs is 2. The normalized spacial score (nSPS) is 11.4. The highest BCUT2D eigenvalue weighted by Gasteiger charge is 2.08. The van der Waals surface area contributed by atoms with Crippen molar-refractivity contribution in [2.75, 3.05) is 19.0 Å². The second kappa shape index (κ2) is 10.8. The van der Waals surface area contributed by atoms with Gasteiger partial charge in [0.2, 0.25) is 0 Å². The lowest BCUT2D eigenvalue weighted by Gasteiger charge is -2.15. The van der Waals surface area contributed by atoms with Crippen molar-refractivity contribution in [1.82, 2.24) is 0 Å². The maximum absolute atomic E-state index is 11.8. The number of ether oxygens (including phenoxy) is 2. The number of carbonyl (C=O) groups is 1. The van der Waals surface area contributed by atoms with Crippen molar-refractivity contribution in [1.29, 1.82) is 0 Å². The Bertz CT molecular complexity index is 1530. The molecule has 5 rings (SSSR count). The molecular formula is C32H27NO3. The summed E-state index contributed by atoms with van der Waals surface area (Å²) in [4.78, 5) is 11.8. The summed E-state index contributed by atoms with van der Waals surface area (Å²) in [6.07, 6.45) is 2.76. The quantitative estimate of drug-likeness (QED) is 0.235. The third kappa shape index (κ3) is 5.23. The molecule has 0 aromatic heterocycles. The van der Waals surface area contributed by atoms with E-state index in [9.17, 15) is 4.79 Å². The number of anilines is 1. The van der Waals surface area contributed by atoms with Gasteiger partial charge in [0.25, 0.3) is 0 Å². The SMILES string of the molecule is COC(=O)c1ccc(C=C(CCOc2cccc3ccccc23)Nc2cccc3ccccc23)cc1. The van der Waals surface area contributed by atoms with E-state index in [0.29, 0.717) is 18.6 Å². The van der Waals surface area contributed by atoms with Crippen molar-refractivity contribution in [2.45, 2.75) is 6.42 Å². The molecule has 4 heteroatoms. The van der Waals surface area contributed by atoms with E-state index in [-0.39, 0.29) is 5.97 Å². The van der Waals surface area contributed by atoms with E-state index in [0.717, 1.165) is 38.9 Å². The Hall–Kier alpha value is -4.57. The van der Waals surface area contributed by atoms with Crippen LogP contribution in [0.3, 0.4) is 0 Å². The fourth-order valence-electron chi connectivity index (χ4n) is 4.31. The summed E-state index contributed by atoms with van der Waals surface area (Å²) in [5.41, 5.74) is 3.56. The Balaban J connectivity index is 1.41. The predicted octanol–water partition coefficient (Wildman–Crippen LogP) is 7.70. The smallest absolute Gasteiger partial charge is 0.337 e. The lowest BCUT2D eigenvalue weighted by molar-refractivity contribution is 0.0600. The van der Waals surface area contributed by atoms with Crippen molar-refractivity contribution >= 4 is 39.3 Å². The lowest BCUT2D eigenvalue weighted by Crippen LogP contribution is -2.06. The van der Waals surface area contributed by atoms with Crippen LogP contribution in [0.5, 0.6) is 5.75 Å². The van der Waals surface area contributed by atoms with Crippen LogP contribution in [0.25, 0.3) is 27.6 Å². The van der Waals surface area contributed by atoms with E-state index in [1.807, 2.05) is 48.5 Å². The van der Waals surface area contributed by atoms with Gasteiger partial charge >= 0.3 is 5.97 Å². The summed E-state index contributed by atoms with van der Waals surface area (Å²) in [6, 6.07) is 36.3. The van der Waals surface area contributed by atoms with Crippen LogP contribution in [-0.4, -0.2) is 19.7 Å². The second-order valence-corrected chi connectivity index (χ2v) is 8.51. The van der Waals surface area contributed by atoms with Crippen LogP contribution < -0.4 is 10.1 Å². The third-order valence-corrected chi connectivity index (χ3v) is 6.14. The number of hydrogen-bond acceptors (Lipinski definition) is 4. The van der Waals surface area contributed by atoms with E-state index < -0.39 is 0 Å². The van der Waals surface area contributed by atoms with Crippen LogP contribution in [0.15, 0.2) is 115 Å². The van der Waals surface area contributed by atoms with Crippen molar-refractivity contribution < 1.29 is 14.3 Å². The van der Waals surface area contributed by atoms with Crippen molar-refractivity contribution in [3.05, 3.63) is 126 Å². The summed E-state index contributed by atoms with van der Waals surface area (Å²) < 4.78 is 11.1. The van der Waals surface area contributed by atoms with Crippen LogP contribution >= 0.6 is 0 Å². The molecule has 0 aliphatic heterocycles. The zero-order valence-electron chi connectivity index (χ0n) is 20.1. The Morgan fingerprint density at radius 3 is 2.14 bits per heavy atom. The van der Waals surface area contributed by atoms with Crippen LogP contribution in [0.1, 0.15) is 22.3 Å². The standard InChI is InChI=1S/C32H27NO3/c1-35-32(34)26-18-16-23(17-19-26)22-27(33-30-14-6-10-24-8-2-4-12-28(24)30)20-21-36-31-15-7-11-25-9-3-5-13-29(25)31/h2-19,22,33H,20-21H2,1H3. The summed E-state index contributed by atoms with van der Waals surface area (Å²) in [6.45, 7) is 0.512. The molecule has 0 heterocycles. The molecule has 178 valence electrons. The van der Waals surface area contributed by atoms with Gasteiger partial charge < -0.3 is 14.8 Å². The zero-order valence-corrected chi connectivity index (χ0v) is 20.1. The maximum atomic E-state index is 11.8. The van der Waals surface area contributed by atoms with Gasteiger partial charge in [0.15, 0.2) is 0 Å². The van der Waals surface area contributed by atoms with Gasteiger partial charge in [0, 0.05) is 28.6 Å². The number of nitrogens with one attached hydrogen (secondary N) is 1. The van der Waals surface area contributed by atoms with Gasteiger partial charge in [-0.25, -0.2) is 4.79 Å². The van der Waals surface area contributed by atoms with E-state index in [1.54, 1.807) is 12.1 Å². The monoisotopic (exact) mass is 473 g/mol. The molecule has 0 radical (unpaired) electrons. The average Bonchev–Trinajstić information content (AvgIpc) is 2.93. The summed E-state index contributed by atoms with van der Waals surface area (Å²) >= 11 is 0. The number of benzene rings is 5. The Labute approximate surface area is 210 Å². The number of rotatable bonds is 8. The van der Waals surface area contributed by atoms with Crippen molar-refractivity contribution in [3.63, 3.8) is 0 Å². The highest BCUT2D eigenvalue weighted by atomic mass is 16.5. The maximum Gasteiger partial charge on any atom is 0.337 e. The molecule has 0 saturated carbocycles. The lowest BCUT2D eigenvalue weighted by atomic mass is 10.1. The van der Waals surface area contributed by atoms with Gasteiger partial charge in [-0.15, -0.1) is 0 Å². The van der Waals surface area contributed by atoms with Crippen molar-refractivity contribution in [2.24, 2.45) is 0 Å². The van der Waals surface area contributed by atoms with Gasteiger partial charge in [-0.05, 0) is 46.7 Å². The molecule has 4 nitrogen and oxygen atoms in total. The molecule has 0 aliphatic rings. The minimum Gasteiger partial charge on any atom is -0.493 e. The molecular weight excluding hydrogens is 446 g/mol. The minimum absolute atomic E-state index is 0.344. The predicted molar refractivity (Wildman–Crippen MR) is 147 cm³/mol. The van der Waals surface area contributed by atoms with E-state index in [2.05, 4.69) is 59.9 Å². The van der Waals surface area contributed by atoms with Gasteiger partial charge in [0.05, 0.1) is 19.3 Å². The molecule has 5 aromatic rings. The number of hydrogen-bond donors (Lipinski definition) is 1. The van der Waals surface area contributed by atoms with Gasteiger partial charge in [-0.2, -0.15) is 0 Å². The fraction of sp³-hybridized carbons (Fsp3) is 0.0938. The van der Waals surface area contributed by atoms with Crippen LogP contribution in [-0.2, 0) is 4.74 Å².